The van der Waals surface area contributed by atoms with Crippen molar-refractivity contribution in [3.8, 4) is 11.1 Å². The Morgan fingerprint density at radius 3 is 2.54 bits per heavy atom. The van der Waals surface area contributed by atoms with E-state index in [4.69, 9.17) is 9.84 Å². The van der Waals surface area contributed by atoms with E-state index in [-0.39, 0.29) is 13.2 Å². The number of fused-ring (bicyclic) bond motifs is 3. The summed E-state index contributed by atoms with van der Waals surface area (Å²) in [4.78, 5) is 33.5. The lowest BCUT2D eigenvalue weighted by Crippen LogP contribution is -2.39. The standard InChI is InChI=1S/C19H18N2O5/c22-17(20-10-18(23)24)9-21-19(25)26-11-13-5-3-7-15-14-6-2-1-4-12(14)8-16(13)15/h1-7H,8-11H2,(H,20,22)(H,21,25)(H,23,24). The first-order valence-electron chi connectivity index (χ1n) is 8.13. The topological polar surface area (TPSA) is 105 Å². The van der Waals surface area contributed by atoms with Crippen molar-refractivity contribution in [2.24, 2.45) is 0 Å². The molecule has 2 aromatic carbocycles. The molecule has 3 N–H and O–H groups in total. The van der Waals surface area contributed by atoms with Gasteiger partial charge < -0.3 is 20.5 Å². The molecule has 0 atom stereocenters. The minimum atomic E-state index is -1.15. The van der Waals surface area contributed by atoms with Crippen molar-refractivity contribution >= 4 is 18.0 Å². The lowest BCUT2D eigenvalue weighted by Gasteiger charge is -2.10. The lowest BCUT2D eigenvalue weighted by atomic mass is 10.0. The van der Waals surface area contributed by atoms with Gasteiger partial charge in [-0.05, 0) is 34.2 Å². The summed E-state index contributed by atoms with van der Waals surface area (Å²) < 4.78 is 5.18. The van der Waals surface area contributed by atoms with Gasteiger partial charge in [0.1, 0.15) is 19.7 Å². The minimum Gasteiger partial charge on any atom is -0.480 e. The molecule has 2 aromatic rings. The molecule has 1 aliphatic carbocycles. The average molecular weight is 354 g/mol. The molecule has 0 aliphatic heterocycles. The molecule has 1 aliphatic rings. The number of carboxylic acids is 1. The third kappa shape index (κ3) is 4.00. The highest BCUT2D eigenvalue weighted by atomic mass is 16.5. The van der Waals surface area contributed by atoms with Crippen molar-refractivity contribution in [1.82, 2.24) is 10.6 Å². The lowest BCUT2D eigenvalue weighted by molar-refractivity contribution is -0.137. The van der Waals surface area contributed by atoms with E-state index in [0.717, 1.165) is 23.1 Å². The van der Waals surface area contributed by atoms with Crippen LogP contribution < -0.4 is 10.6 Å². The number of ether oxygens (including phenoxy) is 1. The number of alkyl carbamates (subject to hydrolysis) is 1. The number of amides is 2. The van der Waals surface area contributed by atoms with Gasteiger partial charge in [-0.15, -0.1) is 0 Å². The van der Waals surface area contributed by atoms with Crippen molar-refractivity contribution in [3.63, 3.8) is 0 Å². The van der Waals surface area contributed by atoms with Crippen molar-refractivity contribution in [2.75, 3.05) is 13.1 Å². The molecule has 0 unspecified atom stereocenters. The molecule has 0 bridgehead atoms. The number of carbonyl (C=O) groups excluding carboxylic acids is 2. The zero-order chi connectivity index (χ0) is 18.5. The van der Waals surface area contributed by atoms with E-state index in [2.05, 4.69) is 28.8 Å². The molecule has 0 saturated carbocycles. The van der Waals surface area contributed by atoms with Crippen molar-refractivity contribution in [2.45, 2.75) is 13.0 Å². The Morgan fingerprint density at radius 1 is 0.962 bits per heavy atom. The first-order chi connectivity index (χ1) is 12.5. The van der Waals surface area contributed by atoms with Crippen LogP contribution in [-0.4, -0.2) is 36.2 Å². The van der Waals surface area contributed by atoms with E-state index >= 15 is 0 Å². The van der Waals surface area contributed by atoms with Crippen molar-refractivity contribution < 1.29 is 24.2 Å². The number of aliphatic carboxylic acids is 1. The van der Waals surface area contributed by atoms with Gasteiger partial charge in [0.05, 0.1) is 0 Å². The Bertz CT molecular complexity index is 863. The summed E-state index contributed by atoms with van der Waals surface area (Å²) in [6.07, 6.45) is 0.0631. The molecular weight excluding hydrogens is 336 g/mol. The minimum absolute atomic E-state index is 0.0970. The van der Waals surface area contributed by atoms with Crippen molar-refractivity contribution in [1.29, 1.82) is 0 Å². The normalized spacial score (nSPS) is 11.2. The van der Waals surface area contributed by atoms with E-state index in [1.165, 1.54) is 11.1 Å². The van der Waals surface area contributed by atoms with E-state index < -0.39 is 24.5 Å². The molecule has 134 valence electrons. The molecule has 7 heteroatoms. The highest BCUT2D eigenvalue weighted by Gasteiger charge is 2.20. The maximum Gasteiger partial charge on any atom is 0.407 e. The zero-order valence-electron chi connectivity index (χ0n) is 14.0. The number of carbonyl (C=O) groups is 3. The van der Waals surface area contributed by atoms with Crippen LogP contribution in [0.5, 0.6) is 0 Å². The summed E-state index contributed by atoms with van der Waals surface area (Å²) in [7, 11) is 0. The highest BCUT2D eigenvalue weighted by molar-refractivity contribution is 5.85. The fourth-order valence-corrected chi connectivity index (χ4v) is 2.94. The van der Waals surface area contributed by atoms with Crippen LogP contribution in [0.3, 0.4) is 0 Å². The monoisotopic (exact) mass is 354 g/mol. The summed E-state index contributed by atoms with van der Waals surface area (Å²) in [5.41, 5.74) is 5.65. The second-order valence-electron chi connectivity index (χ2n) is 5.88. The summed E-state index contributed by atoms with van der Waals surface area (Å²) in [5.74, 6) is -1.75. The molecule has 0 spiro atoms. The molecule has 0 fully saturated rings. The Labute approximate surface area is 150 Å². The summed E-state index contributed by atoms with van der Waals surface area (Å²) in [5, 5.41) is 12.9. The molecule has 26 heavy (non-hydrogen) atoms. The van der Waals surface area contributed by atoms with Crippen LogP contribution in [0.15, 0.2) is 42.5 Å². The van der Waals surface area contributed by atoms with Crippen LogP contribution in [-0.2, 0) is 27.4 Å². The van der Waals surface area contributed by atoms with Crippen LogP contribution in [0.1, 0.15) is 16.7 Å². The molecule has 3 rings (SSSR count). The highest BCUT2D eigenvalue weighted by Crippen LogP contribution is 2.38. The van der Waals surface area contributed by atoms with E-state index in [9.17, 15) is 14.4 Å². The van der Waals surface area contributed by atoms with Crippen LogP contribution >= 0.6 is 0 Å². The largest absolute Gasteiger partial charge is 0.480 e. The molecule has 0 saturated heterocycles. The molecule has 0 aromatic heterocycles. The Morgan fingerprint density at radius 2 is 1.73 bits per heavy atom. The van der Waals surface area contributed by atoms with Gasteiger partial charge in [-0.1, -0.05) is 42.5 Å². The Kier molecular flexibility index (Phi) is 5.17. The second-order valence-corrected chi connectivity index (χ2v) is 5.88. The summed E-state index contributed by atoms with van der Waals surface area (Å²) in [6.45, 7) is -0.740. The smallest absolute Gasteiger partial charge is 0.407 e. The maximum absolute atomic E-state index is 11.7. The van der Waals surface area contributed by atoms with Gasteiger partial charge in [0.2, 0.25) is 5.91 Å². The van der Waals surface area contributed by atoms with Gasteiger partial charge in [0.15, 0.2) is 0 Å². The fraction of sp³-hybridized carbons (Fsp3) is 0.211. The molecule has 2 amide bonds. The second kappa shape index (κ2) is 7.69. The maximum atomic E-state index is 11.7. The van der Waals surface area contributed by atoms with Gasteiger partial charge in [0.25, 0.3) is 0 Å². The first kappa shape index (κ1) is 17.5. The number of hydrogen-bond donors (Lipinski definition) is 3. The molecular formula is C19H18N2O5. The van der Waals surface area contributed by atoms with Gasteiger partial charge in [-0.3, -0.25) is 9.59 Å². The van der Waals surface area contributed by atoms with E-state index in [1.807, 2.05) is 24.3 Å². The third-order valence-electron chi connectivity index (χ3n) is 4.14. The predicted octanol–water partition coefficient (Wildman–Crippen LogP) is 1.68. The number of carboxylic acid groups (broad SMARTS) is 1. The Hall–Kier alpha value is -3.35. The van der Waals surface area contributed by atoms with Crippen LogP contribution in [0.4, 0.5) is 4.79 Å². The quantitative estimate of drug-likeness (QED) is 0.625. The average Bonchev–Trinajstić information content (AvgIpc) is 3.02. The fourth-order valence-electron chi connectivity index (χ4n) is 2.94. The van der Waals surface area contributed by atoms with Crippen molar-refractivity contribution in [3.05, 3.63) is 59.2 Å². The first-order valence-corrected chi connectivity index (χ1v) is 8.13. The van der Waals surface area contributed by atoms with E-state index in [1.54, 1.807) is 0 Å². The van der Waals surface area contributed by atoms with Gasteiger partial charge >= 0.3 is 12.1 Å². The van der Waals surface area contributed by atoms with Gasteiger partial charge in [-0.2, -0.15) is 0 Å². The number of rotatable bonds is 6. The van der Waals surface area contributed by atoms with Crippen LogP contribution in [0, 0.1) is 0 Å². The molecule has 0 radical (unpaired) electrons. The van der Waals surface area contributed by atoms with Crippen LogP contribution in [0.2, 0.25) is 0 Å². The number of nitrogens with one attached hydrogen (secondary N) is 2. The Balaban J connectivity index is 1.54. The number of hydrogen-bond acceptors (Lipinski definition) is 4. The zero-order valence-corrected chi connectivity index (χ0v) is 14.0. The molecule has 7 nitrogen and oxygen atoms in total. The number of benzene rings is 2. The molecule has 0 heterocycles. The third-order valence-corrected chi connectivity index (χ3v) is 4.14. The predicted molar refractivity (Wildman–Crippen MR) is 93.5 cm³/mol. The van der Waals surface area contributed by atoms with Crippen LogP contribution in [0.25, 0.3) is 11.1 Å². The van der Waals surface area contributed by atoms with Gasteiger partial charge in [-0.25, -0.2) is 4.79 Å². The summed E-state index contributed by atoms with van der Waals surface area (Å²) in [6, 6.07) is 14.1. The van der Waals surface area contributed by atoms with E-state index in [0.29, 0.717) is 0 Å². The van der Waals surface area contributed by atoms with Gasteiger partial charge in [0, 0.05) is 0 Å². The SMILES string of the molecule is O=C(O)CNC(=O)CNC(=O)OCc1cccc2c1Cc1ccccc1-2. The summed E-state index contributed by atoms with van der Waals surface area (Å²) >= 11 is 0.